The summed E-state index contributed by atoms with van der Waals surface area (Å²) in [6.45, 7) is 3.44. The molecule has 1 aliphatic rings. The Morgan fingerprint density at radius 2 is 1.83 bits per heavy atom. The van der Waals surface area contributed by atoms with Crippen molar-refractivity contribution in [3.05, 3.63) is 60.0 Å². The number of amides is 1. The molecule has 150 valence electrons. The Hall–Kier alpha value is -3.35. The summed E-state index contributed by atoms with van der Waals surface area (Å²) in [5, 5.41) is 11.1. The fourth-order valence-corrected chi connectivity index (χ4v) is 3.69. The summed E-state index contributed by atoms with van der Waals surface area (Å²) in [7, 11) is 1.69. The van der Waals surface area contributed by atoms with Crippen LogP contribution < -0.4 is 15.0 Å². The van der Waals surface area contributed by atoms with Crippen LogP contribution in [0.3, 0.4) is 0 Å². The number of aryl methyl sites for hydroxylation is 1. The lowest BCUT2D eigenvalue weighted by Gasteiger charge is -2.34. The first-order valence-electron chi connectivity index (χ1n) is 9.74. The molecule has 1 N–H and O–H groups in total. The topological polar surface area (TPSA) is 80.5 Å². The average molecular weight is 392 g/mol. The average Bonchev–Trinajstić information content (AvgIpc) is 3.20. The number of ether oxygens (including phenoxy) is 1. The minimum atomic E-state index is -0.118. The number of carbonyl (C=O) groups excluding carboxylic acids is 1. The van der Waals surface area contributed by atoms with Crippen molar-refractivity contribution < 1.29 is 13.9 Å². The summed E-state index contributed by atoms with van der Waals surface area (Å²) in [6, 6.07) is 15.5. The number of aromatic nitrogens is 2. The molecule has 3 aromatic rings. The molecule has 1 fully saturated rings. The lowest BCUT2D eigenvalue weighted by Crippen LogP contribution is -2.44. The lowest BCUT2D eigenvalue weighted by molar-refractivity contribution is 0.0931. The molecular weight excluding hydrogens is 368 g/mol. The van der Waals surface area contributed by atoms with Crippen molar-refractivity contribution in [2.24, 2.45) is 0 Å². The minimum absolute atomic E-state index is 0.117. The zero-order valence-corrected chi connectivity index (χ0v) is 16.6. The Kier molecular flexibility index (Phi) is 5.46. The third kappa shape index (κ3) is 4.08. The van der Waals surface area contributed by atoms with Gasteiger partial charge in [-0.2, -0.15) is 0 Å². The Morgan fingerprint density at radius 1 is 1.10 bits per heavy atom. The first kappa shape index (κ1) is 19.0. The number of para-hydroxylation sites is 2. The Morgan fingerprint density at radius 3 is 2.55 bits per heavy atom. The summed E-state index contributed by atoms with van der Waals surface area (Å²) in [6.07, 6.45) is 1.73. The van der Waals surface area contributed by atoms with Crippen LogP contribution in [-0.2, 0) is 0 Å². The molecule has 0 aliphatic carbocycles. The van der Waals surface area contributed by atoms with Crippen LogP contribution in [0.25, 0.3) is 11.5 Å². The SMILES string of the molecule is COc1ccccc1N1CCC(NC(=O)c2ccccc2-c2nnc(C)o2)CC1. The van der Waals surface area contributed by atoms with Gasteiger partial charge in [-0.3, -0.25) is 4.79 Å². The summed E-state index contributed by atoms with van der Waals surface area (Å²) in [5.41, 5.74) is 2.29. The molecule has 1 aromatic heterocycles. The predicted octanol–water partition coefficient (Wildman–Crippen LogP) is 3.45. The molecule has 0 unspecified atom stereocenters. The van der Waals surface area contributed by atoms with E-state index in [4.69, 9.17) is 9.15 Å². The van der Waals surface area contributed by atoms with Crippen molar-refractivity contribution >= 4 is 11.6 Å². The standard InChI is InChI=1S/C22H24N4O3/c1-15-24-25-22(29-15)18-8-4-3-7-17(18)21(27)23-16-11-13-26(14-12-16)19-9-5-6-10-20(19)28-2/h3-10,16H,11-14H2,1-2H3,(H,23,27). The van der Waals surface area contributed by atoms with E-state index in [0.29, 0.717) is 22.9 Å². The van der Waals surface area contributed by atoms with Gasteiger partial charge in [-0.1, -0.05) is 24.3 Å². The molecule has 4 rings (SSSR count). The second-order valence-corrected chi connectivity index (χ2v) is 7.08. The van der Waals surface area contributed by atoms with Gasteiger partial charge in [0.2, 0.25) is 11.8 Å². The summed E-state index contributed by atoms with van der Waals surface area (Å²) in [5.74, 6) is 1.59. The van der Waals surface area contributed by atoms with Crippen LogP contribution in [0, 0.1) is 6.92 Å². The highest BCUT2D eigenvalue weighted by molar-refractivity contribution is 6.00. The number of rotatable bonds is 5. The normalized spacial score (nSPS) is 14.6. The third-order valence-electron chi connectivity index (χ3n) is 5.18. The molecule has 0 radical (unpaired) electrons. The van der Waals surface area contributed by atoms with Gasteiger partial charge in [-0.25, -0.2) is 0 Å². The molecule has 2 aromatic carbocycles. The fourth-order valence-electron chi connectivity index (χ4n) is 3.69. The van der Waals surface area contributed by atoms with E-state index in [9.17, 15) is 4.79 Å². The minimum Gasteiger partial charge on any atom is -0.495 e. The molecule has 1 aliphatic heterocycles. The van der Waals surface area contributed by atoms with Crippen LogP contribution in [0.2, 0.25) is 0 Å². The van der Waals surface area contributed by atoms with Crippen LogP contribution >= 0.6 is 0 Å². The highest BCUT2D eigenvalue weighted by Crippen LogP contribution is 2.30. The van der Waals surface area contributed by atoms with E-state index in [1.165, 1.54) is 0 Å². The van der Waals surface area contributed by atoms with E-state index >= 15 is 0 Å². The fraction of sp³-hybridized carbons (Fsp3) is 0.318. The van der Waals surface area contributed by atoms with Crippen LogP contribution in [-0.4, -0.2) is 42.3 Å². The van der Waals surface area contributed by atoms with Crippen LogP contribution in [0.15, 0.2) is 52.9 Å². The largest absolute Gasteiger partial charge is 0.495 e. The second-order valence-electron chi connectivity index (χ2n) is 7.08. The van der Waals surface area contributed by atoms with E-state index in [1.54, 1.807) is 20.1 Å². The second kappa shape index (κ2) is 8.34. The molecule has 29 heavy (non-hydrogen) atoms. The molecule has 0 saturated carbocycles. The van der Waals surface area contributed by atoms with Gasteiger partial charge in [0.1, 0.15) is 5.75 Å². The Balaban J connectivity index is 1.42. The molecule has 7 heteroatoms. The van der Waals surface area contributed by atoms with Crippen LogP contribution in [0.5, 0.6) is 5.75 Å². The van der Waals surface area contributed by atoms with E-state index in [0.717, 1.165) is 37.4 Å². The van der Waals surface area contributed by atoms with Gasteiger partial charge in [0.05, 0.1) is 23.9 Å². The van der Waals surface area contributed by atoms with Crippen LogP contribution in [0.1, 0.15) is 29.1 Å². The van der Waals surface area contributed by atoms with Crippen LogP contribution in [0.4, 0.5) is 5.69 Å². The number of anilines is 1. The molecular formula is C22H24N4O3. The van der Waals surface area contributed by atoms with Gasteiger partial charge in [0, 0.05) is 26.1 Å². The molecule has 7 nitrogen and oxygen atoms in total. The molecule has 1 amide bonds. The molecule has 0 spiro atoms. The summed E-state index contributed by atoms with van der Waals surface area (Å²) in [4.78, 5) is 15.2. The molecule has 0 atom stereocenters. The first-order valence-corrected chi connectivity index (χ1v) is 9.74. The van der Waals surface area contributed by atoms with Gasteiger partial charge in [0.25, 0.3) is 5.91 Å². The molecule has 1 saturated heterocycles. The van der Waals surface area contributed by atoms with E-state index in [1.807, 2.05) is 36.4 Å². The van der Waals surface area contributed by atoms with Crippen molar-refractivity contribution in [1.29, 1.82) is 0 Å². The maximum absolute atomic E-state index is 12.9. The van der Waals surface area contributed by atoms with Gasteiger partial charge in [-0.15, -0.1) is 10.2 Å². The van der Waals surface area contributed by atoms with E-state index in [2.05, 4.69) is 26.5 Å². The van der Waals surface area contributed by atoms with Gasteiger partial charge >= 0.3 is 0 Å². The summed E-state index contributed by atoms with van der Waals surface area (Å²) >= 11 is 0. The Bertz CT molecular complexity index is 993. The zero-order chi connectivity index (χ0) is 20.2. The number of nitrogens with zero attached hydrogens (tertiary/aromatic N) is 3. The number of methoxy groups -OCH3 is 1. The van der Waals surface area contributed by atoms with Crippen molar-refractivity contribution in [2.75, 3.05) is 25.1 Å². The van der Waals surface area contributed by atoms with Gasteiger partial charge in [-0.05, 0) is 37.1 Å². The van der Waals surface area contributed by atoms with Gasteiger partial charge in [0.15, 0.2) is 0 Å². The maximum atomic E-state index is 12.9. The third-order valence-corrected chi connectivity index (χ3v) is 5.18. The smallest absolute Gasteiger partial charge is 0.252 e. The van der Waals surface area contributed by atoms with E-state index in [-0.39, 0.29) is 11.9 Å². The quantitative estimate of drug-likeness (QED) is 0.716. The number of carbonyl (C=O) groups is 1. The number of piperidine rings is 1. The van der Waals surface area contributed by atoms with Gasteiger partial charge < -0.3 is 19.4 Å². The molecule has 0 bridgehead atoms. The number of nitrogens with one attached hydrogen (secondary N) is 1. The predicted molar refractivity (Wildman–Crippen MR) is 110 cm³/mol. The number of hydrogen-bond donors (Lipinski definition) is 1. The van der Waals surface area contributed by atoms with Crippen molar-refractivity contribution in [3.63, 3.8) is 0 Å². The highest BCUT2D eigenvalue weighted by Gasteiger charge is 2.24. The van der Waals surface area contributed by atoms with E-state index < -0.39 is 0 Å². The highest BCUT2D eigenvalue weighted by atomic mass is 16.5. The molecule has 2 heterocycles. The van der Waals surface area contributed by atoms with Crippen molar-refractivity contribution in [1.82, 2.24) is 15.5 Å². The number of benzene rings is 2. The van der Waals surface area contributed by atoms with Crippen molar-refractivity contribution in [2.45, 2.75) is 25.8 Å². The van der Waals surface area contributed by atoms with Crippen molar-refractivity contribution in [3.8, 4) is 17.2 Å². The maximum Gasteiger partial charge on any atom is 0.252 e. The summed E-state index contributed by atoms with van der Waals surface area (Å²) < 4.78 is 11.0. The number of hydrogen-bond acceptors (Lipinski definition) is 6. The Labute approximate surface area is 169 Å². The zero-order valence-electron chi connectivity index (χ0n) is 16.6. The lowest BCUT2D eigenvalue weighted by atomic mass is 10.0. The first-order chi connectivity index (χ1) is 14.2. The monoisotopic (exact) mass is 392 g/mol.